The summed E-state index contributed by atoms with van der Waals surface area (Å²) < 4.78 is 7.09. The van der Waals surface area contributed by atoms with Gasteiger partial charge >= 0.3 is 0 Å². The smallest absolute Gasteiger partial charge is 0.263 e. The molecule has 0 saturated carbocycles. The Balaban J connectivity index is 1.94. The van der Waals surface area contributed by atoms with Gasteiger partial charge in [-0.15, -0.1) is 0 Å². The first-order valence-electron chi connectivity index (χ1n) is 6.38. The first-order chi connectivity index (χ1) is 9.97. The zero-order valence-corrected chi connectivity index (χ0v) is 13.1. The van der Waals surface area contributed by atoms with E-state index in [2.05, 4.69) is 10.4 Å². The van der Waals surface area contributed by atoms with Crippen molar-refractivity contribution in [1.29, 1.82) is 0 Å². The number of nitrogens with zero attached hydrogens (tertiary/aromatic N) is 2. The second-order valence-electron chi connectivity index (χ2n) is 4.67. The van der Waals surface area contributed by atoms with Crippen LogP contribution in [-0.2, 0) is 4.79 Å². The third kappa shape index (κ3) is 4.12. The average Bonchev–Trinajstić information content (AvgIpc) is 2.86. The van der Waals surface area contributed by atoms with Crippen LogP contribution in [0, 0.1) is 0 Å². The number of anilines is 1. The van der Waals surface area contributed by atoms with Gasteiger partial charge in [0.25, 0.3) is 5.91 Å². The monoisotopic (exact) mass is 327 g/mol. The van der Waals surface area contributed by atoms with Gasteiger partial charge in [0.15, 0.2) is 6.61 Å². The fourth-order valence-electron chi connectivity index (χ4n) is 1.74. The summed E-state index contributed by atoms with van der Waals surface area (Å²) in [4.78, 5) is 11.9. The van der Waals surface area contributed by atoms with Crippen molar-refractivity contribution >= 4 is 34.9 Å². The Morgan fingerprint density at radius 1 is 1.38 bits per heavy atom. The molecule has 0 aliphatic rings. The van der Waals surface area contributed by atoms with Gasteiger partial charge in [-0.05, 0) is 32.0 Å². The number of halogens is 2. The van der Waals surface area contributed by atoms with Crippen molar-refractivity contribution in [3.8, 4) is 5.75 Å². The van der Waals surface area contributed by atoms with Crippen LogP contribution in [0.5, 0.6) is 5.75 Å². The summed E-state index contributed by atoms with van der Waals surface area (Å²) in [6.45, 7) is 3.81. The average molecular weight is 328 g/mol. The van der Waals surface area contributed by atoms with Crippen molar-refractivity contribution in [2.75, 3.05) is 11.9 Å². The van der Waals surface area contributed by atoms with Gasteiger partial charge in [0.1, 0.15) is 11.6 Å². The van der Waals surface area contributed by atoms with Crippen LogP contribution < -0.4 is 10.1 Å². The number of hydrogen-bond acceptors (Lipinski definition) is 3. The van der Waals surface area contributed by atoms with Gasteiger partial charge in [0.05, 0.1) is 11.2 Å². The maximum Gasteiger partial charge on any atom is 0.263 e. The highest BCUT2D eigenvalue weighted by Crippen LogP contribution is 2.27. The Morgan fingerprint density at radius 3 is 2.81 bits per heavy atom. The van der Waals surface area contributed by atoms with E-state index in [9.17, 15) is 4.79 Å². The molecule has 1 aromatic heterocycles. The summed E-state index contributed by atoms with van der Waals surface area (Å²) in [6, 6.07) is 6.71. The predicted molar refractivity (Wildman–Crippen MR) is 83.2 cm³/mol. The molecule has 0 fully saturated rings. The highest BCUT2D eigenvalue weighted by Gasteiger charge is 2.11. The third-order valence-electron chi connectivity index (χ3n) is 2.68. The van der Waals surface area contributed by atoms with Crippen molar-refractivity contribution in [3.05, 3.63) is 40.5 Å². The molecular formula is C14H15Cl2N3O2. The lowest BCUT2D eigenvalue weighted by molar-refractivity contribution is -0.118. The molecule has 1 heterocycles. The first-order valence-corrected chi connectivity index (χ1v) is 7.14. The highest BCUT2D eigenvalue weighted by molar-refractivity contribution is 6.35. The molecule has 0 radical (unpaired) electrons. The van der Waals surface area contributed by atoms with Gasteiger partial charge in [0.2, 0.25) is 0 Å². The molecule has 0 aliphatic heterocycles. The molecule has 0 bridgehead atoms. The Hall–Kier alpha value is -1.72. The summed E-state index contributed by atoms with van der Waals surface area (Å²) in [5.74, 6) is 0.748. The Morgan fingerprint density at radius 2 is 2.14 bits per heavy atom. The lowest BCUT2D eigenvalue weighted by Gasteiger charge is -2.12. The van der Waals surface area contributed by atoms with Gasteiger partial charge < -0.3 is 10.1 Å². The molecule has 0 spiro atoms. The van der Waals surface area contributed by atoms with Crippen molar-refractivity contribution in [3.63, 3.8) is 0 Å². The van der Waals surface area contributed by atoms with Crippen molar-refractivity contribution < 1.29 is 9.53 Å². The van der Waals surface area contributed by atoms with Crippen molar-refractivity contribution in [1.82, 2.24) is 9.78 Å². The van der Waals surface area contributed by atoms with E-state index in [0.29, 0.717) is 21.6 Å². The quantitative estimate of drug-likeness (QED) is 0.908. The lowest BCUT2D eigenvalue weighted by atomic mass is 10.3. The molecule has 1 N–H and O–H groups in total. The number of nitrogens with one attached hydrogen (secondary N) is 1. The van der Waals surface area contributed by atoms with Crippen LogP contribution in [0.15, 0.2) is 30.5 Å². The first kappa shape index (κ1) is 15.7. The van der Waals surface area contributed by atoms with Crippen LogP contribution in [0.3, 0.4) is 0 Å². The van der Waals surface area contributed by atoms with E-state index in [1.165, 1.54) is 0 Å². The molecule has 21 heavy (non-hydrogen) atoms. The zero-order chi connectivity index (χ0) is 15.4. The van der Waals surface area contributed by atoms with Crippen LogP contribution in [0.2, 0.25) is 10.0 Å². The molecule has 0 saturated heterocycles. The minimum absolute atomic E-state index is 0.148. The standard InChI is InChI=1S/C14H15Cl2N3O2/c1-9(2)19-13(5-6-17-19)18-14(20)8-21-12-4-3-10(15)7-11(12)16/h3-7,9H,8H2,1-2H3,(H,18,20). The largest absolute Gasteiger partial charge is 0.482 e. The van der Waals surface area contributed by atoms with Gasteiger partial charge in [-0.25, -0.2) is 4.68 Å². The lowest BCUT2D eigenvalue weighted by Crippen LogP contribution is -2.22. The maximum absolute atomic E-state index is 11.9. The summed E-state index contributed by atoms with van der Waals surface area (Å²) in [6.07, 6.45) is 1.63. The minimum atomic E-state index is -0.289. The number of hydrogen-bond donors (Lipinski definition) is 1. The topological polar surface area (TPSA) is 56.2 Å². The van der Waals surface area contributed by atoms with Crippen LogP contribution in [0.4, 0.5) is 5.82 Å². The summed E-state index contributed by atoms with van der Waals surface area (Å²) >= 11 is 11.8. The molecule has 7 heteroatoms. The number of rotatable bonds is 5. The Kier molecular flexibility index (Phi) is 5.09. The number of amides is 1. The molecular weight excluding hydrogens is 313 g/mol. The summed E-state index contributed by atoms with van der Waals surface area (Å²) in [5, 5.41) is 7.75. The molecule has 112 valence electrons. The van der Waals surface area contributed by atoms with E-state index in [1.54, 1.807) is 35.1 Å². The molecule has 2 aromatic rings. The van der Waals surface area contributed by atoms with Crippen LogP contribution >= 0.6 is 23.2 Å². The fourth-order valence-corrected chi connectivity index (χ4v) is 2.20. The predicted octanol–water partition coefficient (Wildman–Crippen LogP) is 3.79. The molecule has 1 amide bonds. The number of ether oxygens (including phenoxy) is 1. The van der Waals surface area contributed by atoms with E-state index in [-0.39, 0.29) is 18.6 Å². The number of carbonyl (C=O) groups is 1. The Bertz CT molecular complexity index is 641. The van der Waals surface area contributed by atoms with E-state index >= 15 is 0 Å². The van der Waals surface area contributed by atoms with E-state index in [4.69, 9.17) is 27.9 Å². The van der Waals surface area contributed by atoms with Crippen molar-refractivity contribution in [2.45, 2.75) is 19.9 Å². The summed E-state index contributed by atoms with van der Waals surface area (Å²) in [7, 11) is 0. The minimum Gasteiger partial charge on any atom is -0.482 e. The zero-order valence-electron chi connectivity index (χ0n) is 11.6. The SMILES string of the molecule is CC(C)n1nccc1NC(=O)COc1ccc(Cl)cc1Cl. The molecule has 0 aliphatic carbocycles. The van der Waals surface area contributed by atoms with Crippen LogP contribution in [-0.4, -0.2) is 22.3 Å². The molecule has 0 atom stereocenters. The van der Waals surface area contributed by atoms with Crippen molar-refractivity contribution in [2.24, 2.45) is 0 Å². The number of carbonyl (C=O) groups excluding carboxylic acids is 1. The van der Waals surface area contributed by atoms with Gasteiger partial charge in [-0.2, -0.15) is 5.10 Å². The molecule has 2 rings (SSSR count). The normalized spacial score (nSPS) is 10.7. The van der Waals surface area contributed by atoms with Gasteiger partial charge in [-0.1, -0.05) is 23.2 Å². The summed E-state index contributed by atoms with van der Waals surface area (Å²) in [5.41, 5.74) is 0. The third-order valence-corrected chi connectivity index (χ3v) is 3.21. The van der Waals surface area contributed by atoms with E-state index in [0.717, 1.165) is 0 Å². The highest BCUT2D eigenvalue weighted by atomic mass is 35.5. The second kappa shape index (κ2) is 6.83. The molecule has 1 aromatic carbocycles. The fraction of sp³-hybridized carbons (Fsp3) is 0.286. The van der Waals surface area contributed by atoms with Gasteiger partial charge in [-0.3, -0.25) is 4.79 Å². The number of aromatic nitrogens is 2. The maximum atomic E-state index is 11.9. The van der Waals surface area contributed by atoms with Crippen LogP contribution in [0.1, 0.15) is 19.9 Å². The van der Waals surface area contributed by atoms with E-state index < -0.39 is 0 Å². The Labute approximate surface area is 132 Å². The van der Waals surface area contributed by atoms with Gasteiger partial charge in [0, 0.05) is 17.1 Å². The molecule has 0 unspecified atom stereocenters. The molecule has 5 nitrogen and oxygen atoms in total. The van der Waals surface area contributed by atoms with Crippen LogP contribution in [0.25, 0.3) is 0 Å². The van der Waals surface area contributed by atoms with E-state index in [1.807, 2.05) is 13.8 Å². The second-order valence-corrected chi connectivity index (χ2v) is 5.51. The number of benzene rings is 1.